The number of ether oxygens (including phenoxy) is 2. The molecule has 6 fully saturated rings. The van der Waals surface area contributed by atoms with Crippen molar-refractivity contribution < 1.29 is 27.8 Å². The van der Waals surface area contributed by atoms with Gasteiger partial charge in [-0.2, -0.15) is 0 Å². The molecule has 8 heteroatoms. The molecule has 0 N–H and O–H groups in total. The quantitative estimate of drug-likeness (QED) is 0.293. The summed E-state index contributed by atoms with van der Waals surface area (Å²) in [6.45, 7) is 9.40. The lowest BCUT2D eigenvalue weighted by Gasteiger charge is -2.59. The Morgan fingerprint density at radius 3 is 2.46 bits per heavy atom. The van der Waals surface area contributed by atoms with E-state index in [1.165, 1.54) is 51.2 Å². The third-order valence-corrected chi connectivity index (χ3v) is 14.9. The van der Waals surface area contributed by atoms with Crippen molar-refractivity contribution in [2.24, 2.45) is 45.3 Å². The predicted molar refractivity (Wildman–Crippen MR) is 176 cm³/mol. The number of carbonyl (C=O) groups excluding carboxylic acids is 2. The molecule has 8 unspecified atom stereocenters. The third kappa shape index (κ3) is 4.89. The number of hydrogen-bond donors (Lipinski definition) is 0. The summed E-state index contributed by atoms with van der Waals surface area (Å²) in [6, 6.07) is 7.04. The summed E-state index contributed by atoms with van der Waals surface area (Å²) in [4.78, 5) is 31.5. The number of nitrogens with zero attached hydrogens (tertiary/aromatic N) is 2. The average molecular weight is 661 g/mol. The van der Waals surface area contributed by atoms with Crippen molar-refractivity contribution in [2.75, 3.05) is 6.54 Å². The van der Waals surface area contributed by atoms with Gasteiger partial charge in [0.25, 0.3) is 0 Å². The van der Waals surface area contributed by atoms with Crippen LogP contribution in [-0.4, -0.2) is 46.6 Å². The van der Waals surface area contributed by atoms with E-state index in [1.807, 2.05) is 0 Å². The summed E-state index contributed by atoms with van der Waals surface area (Å²) < 4.78 is 40.9. The Kier molecular flexibility index (Phi) is 7.63. The molecule has 5 aliphatic carbocycles. The minimum atomic E-state index is -0.628. The van der Waals surface area contributed by atoms with E-state index < -0.39 is 11.6 Å². The van der Waals surface area contributed by atoms with Gasteiger partial charge in [-0.25, -0.2) is 13.6 Å². The average Bonchev–Trinajstić information content (AvgIpc) is 3.62. The van der Waals surface area contributed by atoms with Crippen molar-refractivity contribution in [1.82, 2.24) is 9.88 Å². The lowest BCUT2D eigenvalue weighted by molar-refractivity contribution is -0.141. The van der Waals surface area contributed by atoms with Crippen LogP contribution in [0.3, 0.4) is 0 Å². The standard InChI is InChI=1S/C40H50F2N2O4/c1-24(45)44(21-25-16-27(41)18-28(42)17-25)22-29-7-8-31-33(47-29)19-32-30-9-10-34-37(2,3)35(48-36(46)26-6-5-15-43-20-26)11-12-40(34)23-39(30,40)14-13-38(31,32)4/h5-6,15-18,20,29-35H,7-14,19,21-23H2,1-4H3/t29?,30?,31?,32?,33?,34?,35-,38?,39-,40?/m0/s1. The van der Waals surface area contributed by atoms with Gasteiger partial charge < -0.3 is 14.4 Å². The van der Waals surface area contributed by atoms with Crippen molar-refractivity contribution in [2.45, 2.75) is 117 Å². The molecule has 5 saturated carbocycles. The van der Waals surface area contributed by atoms with Crippen LogP contribution < -0.4 is 0 Å². The van der Waals surface area contributed by atoms with Crippen molar-refractivity contribution in [3.63, 3.8) is 0 Å². The molecule has 0 radical (unpaired) electrons. The number of carbonyl (C=O) groups is 2. The summed E-state index contributed by atoms with van der Waals surface area (Å²) in [5.74, 6) is 0.816. The van der Waals surface area contributed by atoms with Gasteiger partial charge in [-0.15, -0.1) is 0 Å². The van der Waals surface area contributed by atoms with Gasteiger partial charge in [0.2, 0.25) is 5.91 Å². The number of esters is 1. The molecule has 2 aromatic rings. The number of amides is 1. The van der Waals surface area contributed by atoms with Crippen LogP contribution in [0, 0.1) is 57.0 Å². The smallest absolute Gasteiger partial charge is 0.339 e. The normalized spacial score (nSPS) is 40.3. The van der Waals surface area contributed by atoms with Crippen LogP contribution in [0.5, 0.6) is 0 Å². The summed E-state index contributed by atoms with van der Waals surface area (Å²) in [5.41, 5.74) is 1.93. The van der Waals surface area contributed by atoms with Crippen LogP contribution in [0.4, 0.5) is 8.78 Å². The van der Waals surface area contributed by atoms with Crippen molar-refractivity contribution in [3.05, 3.63) is 65.5 Å². The molecule has 1 aromatic carbocycles. The molecule has 48 heavy (non-hydrogen) atoms. The second-order valence-corrected chi connectivity index (χ2v) is 17.2. The topological polar surface area (TPSA) is 68.7 Å². The first-order valence-electron chi connectivity index (χ1n) is 18.3. The van der Waals surface area contributed by atoms with Crippen molar-refractivity contribution >= 4 is 11.9 Å². The van der Waals surface area contributed by atoms with Crippen LogP contribution in [-0.2, 0) is 20.8 Å². The first kappa shape index (κ1) is 32.3. The maximum atomic E-state index is 13.9. The van der Waals surface area contributed by atoms with Crippen molar-refractivity contribution in [3.8, 4) is 0 Å². The van der Waals surface area contributed by atoms with Crippen molar-refractivity contribution in [1.29, 1.82) is 0 Å². The van der Waals surface area contributed by atoms with Gasteiger partial charge in [-0.3, -0.25) is 9.78 Å². The van der Waals surface area contributed by atoms with E-state index in [1.54, 1.807) is 29.4 Å². The minimum Gasteiger partial charge on any atom is -0.458 e. The fourth-order valence-electron chi connectivity index (χ4n) is 12.8. The molecular weight excluding hydrogens is 610 g/mol. The van der Waals surface area contributed by atoms with Crippen LogP contribution in [0.2, 0.25) is 0 Å². The van der Waals surface area contributed by atoms with E-state index in [0.29, 0.717) is 52.2 Å². The molecule has 10 atom stereocenters. The number of hydrogen-bond acceptors (Lipinski definition) is 5. The van der Waals surface area contributed by atoms with Gasteiger partial charge in [0.05, 0.1) is 17.8 Å². The Hall–Kier alpha value is -2.87. The molecule has 1 aromatic heterocycles. The molecule has 0 bridgehead atoms. The molecule has 6 nitrogen and oxygen atoms in total. The number of fused-ring (bicyclic) bond motifs is 4. The Morgan fingerprint density at radius 2 is 1.73 bits per heavy atom. The van der Waals surface area contributed by atoms with E-state index in [2.05, 4.69) is 25.8 Å². The van der Waals surface area contributed by atoms with Crippen LogP contribution >= 0.6 is 0 Å². The number of benzene rings is 1. The Morgan fingerprint density at radius 1 is 0.958 bits per heavy atom. The molecule has 8 rings (SSSR count). The van der Waals surface area contributed by atoms with E-state index in [4.69, 9.17) is 9.47 Å². The Balaban J connectivity index is 0.953. The van der Waals surface area contributed by atoms with Crippen LogP contribution in [0.1, 0.15) is 108 Å². The maximum Gasteiger partial charge on any atom is 0.339 e. The second kappa shape index (κ2) is 11.3. The van der Waals surface area contributed by atoms with Gasteiger partial charge in [-0.1, -0.05) is 20.8 Å². The SMILES string of the molecule is CC(=O)N(Cc1cc(F)cc(F)c1)CC1CCC2C(CC3C4CCC5C(C)(C)[C@@H](OC(=O)c6cccnc6)CCC56C[C@@]46CCC23C)O1. The fourth-order valence-corrected chi connectivity index (χ4v) is 12.8. The number of halogens is 2. The number of pyridine rings is 1. The van der Waals surface area contributed by atoms with Gasteiger partial charge >= 0.3 is 5.97 Å². The molecule has 1 amide bonds. The molecule has 1 aliphatic heterocycles. The van der Waals surface area contributed by atoms with E-state index in [0.717, 1.165) is 38.2 Å². The summed E-state index contributed by atoms with van der Waals surface area (Å²) in [6.07, 6.45) is 14.8. The highest BCUT2D eigenvalue weighted by Crippen LogP contribution is 2.87. The zero-order valence-corrected chi connectivity index (χ0v) is 28.9. The summed E-state index contributed by atoms with van der Waals surface area (Å²) in [5, 5.41) is 0. The zero-order valence-electron chi connectivity index (χ0n) is 28.9. The number of aromatic nitrogens is 1. The third-order valence-electron chi connectivity index (χ3n) is 14.9. The largest absolute Gasteiger partial charge is 0.458 e. The monoisotopic (exact) mass is 660 g/mol. The van der Waals surface area contributed by atoms with Gasteiger partial charge in [0.1, 0.15) is 17.7 Å². The molecule has 6 aliphatic rings. The summed E-state index contributed by atoms with van der Waals surface area (Å²) >= 11 is 0. The van der Waals surface area contributed by atoms with Gasteiger partial charge in [0.15, 0.2) is 0 Å². The lowest BCUT2D eigenvalue weighted by Crippen LogP contribution is -2.55. The predicted octanol–water partition coefficient (Wildman–Crippen LogP) is 8.14. The fraction of sp³-hybridized carbons (Fsp3) is 0.675. The molecule has 2 spiro atoms. The first-order valence-corrected chi connectivity index (χ1v) is 18.3. The lowest BCUT2D eigenvalue weighted by atomic mass is 9.46. The van der Waals surface area contributed by atoms with E-state index in [9.17, 15) is 18.4 Å². The van der Waals surface area contributed by atoms with E-state index >= 15 is 0 Å². The molecule has 1 saturated heterocycles. The highest BCUT2D eigenvalue weighted by atomic mass is 19.1. The Labute approximate surface area is 283 Å². The maximum absolute atomic E-state index is 13.9. The zero-order chi connectivity index (χ0) is 33.6. The second-order valence-electron chi connectivity index (χ2n) is 17.2. The molecule has 258 valence electrons. The summed E-state index contributed by atoms with van der Waals surface area (Å²) in [7, 11) is 0. The van der Waals surface area contributed by atoms with Gasteiger partial charge in [-0.05, 0) is 134 Å². The van der Waals surface area contributed by atoms with Gasteiger partial charge in [0, 0.05) is 43.9 Å². The number of rotatable bonds is 6. The van der Waals surface area contributed by atoms with E-state index in [-0.39, 0.29) is 47.6 Å². The highest BCUT2D eigenvalue weighted by molar-refractivity contribution is 5.89. The highest BCUT2D eigenvalue weighted by Gasteiger charge is 2.80. The molecule has 2 heterocycles. The minimum absolute atomic E-state index is 0.0697. The Bertz CT molecular complexity index is 1580. The van der Waals surface area contributed by atoms with Crippen LogP contribution in [0.15, 0.2) is 42.7 Å². The molecular formula is C40H50F2N2O4. The first-order chi connectivity index (χ1) is 22.9. The van der Waals surface area contributed by atoms with Crippen LogP contribution in [0.25, 0.3) is 0 Å².